The van der Waals surface area contributed by atoms with Gasteiger partial charge in [-0.1, -0.05) is 0 Å². The molecule has 1 heterocycles. The van der Waals surface area contributed by atoms with Crippen LogP contribution < -0.4 is 5.32 Å². The number of hydrogen-bond acceptors (Lipinski definition) is 4. The monoisotopic (exact) mass is 250 g/mol. The van der Waals surface area contributed by atoms with Gasteiger partial charge in [-0.25, -0.2) is 0 Å². The summed E-state index contributed by atoms with van der Waals surface area (Å²) in [4.78, 5) is 15.5. The van der Waals surface area contributed by atoms with Crippen LogP contribution in [0.2, 0.25) is 0 Å². The molecule has 0 saturated heterocycles. The Morgan fingerprint density at radius 1 is 1.44 bits per heavy atom. The lowest BCUT2D eigenvalue weighted by molar-refractivity contribution is -0.154. The van der Waals surface area contributed by atoms with Crippen LogP contribution in [-0.4, -0.2) is 23.1 Å². The van der Waals surface area contributed by atoms with Crippen LogP contribution in [0.3, 0.4) is 0 Å². The van der Waals surface area contributed by atoms with Crippen LogP contribution in [0.4, 0.5) is 0 Å². The van der Waals surface area contributed by atoms with Gasteiger partial charge in [-0.15, -0.1) is 0 Å². The largest absolute Gasteiger partial charge is 0.460 e. The molecule has 0 aliphatic rings. The summed E-state index contributed by atoms with van der Waals surface area (Å²) < 4.78 is 5.22. The molecule has 4 nitrogen and oxygen atoms in total. The Labute approximate surface area is 109 Å². The summed E-state index contributed by atoms with van der Waals surface area (Å²) in [6.07, 6.45) is 4.01. The Morgan fingerprint density at radius 3 is 2.78 bits per heavy atom. The number of carbonyl (C=O) groups excluding carboxylic acids is 1. The topological polar surface area (TPSA) is 51.2 Å². The van der Waals surface area contributed by atoms with Gasteiger partial charge in [-0.2, -0.15) is 0 Å². The second kappa shape index (κ2) is 6.50. The van der Waals surface area contributed by atoms with Gasteiger partial charge in [-0.3, -0.25) is 9.78 Å². The zero-order valence-electron chi connectivity index (χ0n) is 11.6. The van der Waals surface area contributed by atoms with Gasteiger partial charge in [0.1, 0.15) is 5.60 Å². The summed E-state index contributed by atoms with van der Waals surface area (Å²) >= 11 is 0. The number of aryl methyl sites for hydroxylation is 1. The van der Waals surface area contributed by atoms with E-state index in [1.165, 1.54) is 5.56 Å². The van der Waals surface area contributed by atoms with Gasteiger partial charge in [0.25, 0.3) is 0 Å². The molecule has 0 aliphatic carbocycles. The van der Waals surface area contributed by atoms with Crippen molar-refractivity contribution in [3.8, 4) is 0 Å². The van der Waals surface area contributed by atoms with Crippen LogP contribution in [-0.2, 0) is 16.1 Å². The Balaban J connectivity index is 2.23. The fourth-order valence-corrected chi connectivity index (χ4v) is 1.49. The number of pyridine rings is 1. The molecular weight excluding hydrogens is 228 g/mol. The highest BCUT2D eigenvalue weighted by molar-refractivity contribution is 5.70. The number of esters is 1. The second-order valence-electron chi connectivity index (χ2n) is 5.32. The molecule has 0 radical (unpaired) electrons. The van der Waals surface area contributed by atoms with Gasteiger partial charge in [0, 0.05) is 25.5 Å². The van der Waals surface area contributed by atoms with Gasteiger partial charge < -0.3 is 10.1 Å². The molecule has 100 valence electrons. The standard InChI is InChI=1S/C14H22N2O2/c1-11-5-7-15-9-12(11)10-16-8-6-13(17)18-14(2,3)4/h5,7,9,16H,6,8,10H2,1-4H3. The summed E-state index contributed by atoms with van der Waals surface area (Å²) in [6.45, 7) is 9.00. The smallest absolute Gasteiger partial charge is 0.307 e. The lowest BCUT2D eigenvalue weighted by atomic mass is 10.1. The highest BCUT2D eigenvalue weighted by atomic mass is 16.6. The molecule has 0 atom stereocenters. The minimum absolute atomic E-state index is 0.169. The van der Waals surface area contributed by atoms with Gasteiger partial charge in [-0.05, 0) is 44.9 Å². The van der Waals surface area contributed by atoms with Gasteiger partial charge in [0.2, 0.25) is 0 Å². The molecule has 0 amide bonds. The van der Waals surface area contributed by atoms with E-state index in [4.69, 9.17) is 4.74 Å². The first-order valence-corrected chi connectivity index (χ1v) is 6.20. The molecular formula is C14H22N2O2. The van der Waals surface area contributed by atoms with Crippen molar-refractivity contribution in [1.29, 1.82) is 0 Å². The third-order valence-corrected chi connectivity index (χ3v) is 2.39. The predicted octanol–water partition coefficient (Wildman–Crippen LogP) is 2.21. The number of carbonyl (C=O) groups is 1. The zero-order chi connectivity index (χ0) is 13.6. The molecule has 0 spiro atoms. The summed E-state index contributed by atoms with van der Waals surface area (Å²) in [5.41, 5.74) is 1.95. The summed E-state index contributed by atoms with van der Waals surface area (Å²) in [5.74, 6) is -0.169. The highest BCUT2D eigenvalue weighted by Gasteiger charge is 2.15. The van der Waals surface area contributed by atoms with Gasteiger partial charge >= 0.3 is 5.97 Å². The first-order chi connectivity index (χ1) is 8.38. The maximum Gasteiger partial charge on any atom is 0.307 e. The molecule has 0 fully saturated rings. The Hall–Kier alpha value is -1.42. The molecule has 0 saturated carbocycles. The summed E-state index contributed by atoms with van der Waals surface area (Å²) in [6, 6.07) is 1.98. The first-order valence-electron chi connectivity index (χ1n) is 6.20. The van der Waals surface area contributed by atoms with Crippen LogP contribution in [0.5, 0.6) is 0 Å². The maximum atomic E-state index is 11.5. The third kappa shape index (κ3) is 5.77. The first kappa shape index (κ1) is 14.6. The van der Waals surface area contributed by atoms with Crippen molar-refractivity contribution in [1.82, 2.24) is 10.3 Å². The van der Waals surface area contributed by atoms with Crippen molar-refractivity contribution in [3.63, 3.8) is 0 Å². The maximum absolute atomic E-state index is 11.5. The quantitative estimate of drug-likeness (QED) is 0.643. The number of nitrogens with one attached hydrogen (secondary N) is 1. The van der Waals surface area contributed by atoms with E-state index in [0.29, 0.717) is 13.0 Å². The predicted molar refractivity (Wildman–Crippen MR) is 71.1 cm³/mol. The van der Waals surface area contributed by atoms with Crippen LogP contribution in [0, 0.1) is 6.92 Å². The molecule has 1 N–H and O–H groups in total. The van der Waals surface area contributed by atoms with Crippen molar-refractivity contribution < 1.29 is 9.53 Å². The number of nitrogens with zero attached hydrogens (tertiary/aromatic N) is 1. The van der Waals surface area contributed by atoms with E-state index >= 15 is 0 Å². The highest BCUT2D eigenvalue weighted by Crippen LogP contribution is 2.08. The fraction of sp³-hybridized carbons (Fsp3) is 0.571. The summed E-state index contributed by atoms with van der Waals surface area (Å²) in [7, 11) is 0. The van der Waals surface area contributed by atoms with E-state index in [1.807, 2.05) is 40.0 Å². The molecule has 1 aromatic rings. The zero-order valence-corrected chi connectivity index (χ0v) is 11.6. The van der Waals surface area contributed by atoms with Crippen molar-refractivity contribution >= 4 is 5.97 Å². The van der Waals surface area contributed by atoms with Gasteiger partial charge in [0.05, 0.1) is 6.42 Å². The molecule has 0 aliphatic heterocycles. The van der Waals surface area contributed by atoms with Crippen LogP contribution >= 0.6 is 0 Å². The number of hydrogen-bond donors (Lipinski definition) is 1. The minimum Gasteiger partial charge on any atom is -0.460 e. The molecule has 1 rings (SSSR count). The van der Waals surface area contributed by atoms with Crippen LogP contribution in [0.25, 0.3) is 0 Å². The Morgan fingerprint density at radius 2 is 2.17 bits per heavy atom. The molecule has 18 heavy (non-hydrogen) atoms. The SMILES string of the molecule is Cc1ccncc1CNCCC(=O)OC(C)(C)C. The van der Waals surface area contributed by atoms with Crippen LogP contribution in [0.15, 0.2) is 18.5 Å². The van der Waals surface area contributed by atoms with E-state index < -0.39 is 5.60 Å². The van der Waals surface area contributed by atoms with Crippen molar-refractivity contribution in [2.75, 3.05) is 6.54 Å². The Kier molecular flexibility index (Phi) is 5.28. The van der Waals surface area contributed by atoms with Crippen molar-refractivity contribution in [3.05, 3.63) is 29.6 Å². The van der Waals surface area contributed by atoms with E-state index in [9.17, 15) is 4.79 Å². The third-order valence-electron chi connectivity index (χ3n) is 2.39. The average molecular weight is 250 g/mol. The molecule has 4 heteroatoms. The fourth-order valence-electron chi connectivity index (χ4n) is 1.49. The lowest BCUT2D eigenvalue weighted by Gasteiger charge is -2.19. The normalized spacial score (nSPS) is 11.3. The van der Waals surface area contributed by atoms with Crippen molar-refractivity contribution in [2.45, 2.75) is 46.3 Å². The van der Waals surface area contributed by atoms with Crippen LogP contribution in [0.1, 0.15) is 38.3 Å². The second-order valence-corrected chi connectivity index (χ2v) is 5.32. The van der Waals surface area contributed by atoms with Crippen molar-refractivity contribution in [2.24, 2.45) is 0 Å². The number of rotatable bonds is 5. The molecule has 0 unspecified atom stereocenters. The lowest BCUT2D eigenvalue weighted by Crippen LogP contribution is -2.26. The van der Waals surface area contributed by atoms with E-state index in [2.05, 4.69) is 10.3 Å². The molecule has 0 aromatic carbocycles. The van der Waals surface area contributed by atoms with E-state index in [-0.39, 0.29) is 5.97 Å². The number of aromatic nitrogens is 1. The van der Waals surface area contributed by atoms with E-state index in [0.717, 1.165) is 12.1 Å². The minimum atomic E-state index is -0.406. The van der Waals surface area contributed by atoms with E-state index in [1.54, 1.807) is 6.20 Å². The average Bonchev–Trinajstić information content (AvgIpc) is 2.24. The Bertz CT molecular complexity index is 397. The summed E-state index contributed by atoms with van der Waals surface area (Å²) in [5, 5.41) is 3.22. The van der Waals surface area contributed by atoms with Gasteiger partial charge in [0.15, 0.2) is 0 Å². The molecule has 0 bridgehead atoms. The number of ether oxygens (including phenoxy) is 1. The molecule has 1 aromatic heterocycles.